The van der Waals surface area contributed by atoms with Crippen molar-refractivity contribution in [2.24, 2.45) is 0 Å². The number of hydrogen-bond acceptors (Lipinski definition) is 7. The molecular weight excluding hydrogens is 574 g/mol. The lowest BCUT2D eigenvalue weighted by atomic mass is 10.1. The average Bonchev–Trinajstić information content (AvgIpc) is 3.45. The summed E-state index contributed by atoms with van der Waals surface area (Å²) < 4.78 is 85.3. The van der Waals surface area contributed by atoms with Gasteiger partial charge in [0.1, 0.15) is 31.2 Å². The minimum atomic E-state index is -5.49. The van der Waals surface area contributed by atoms with Gasteiger partial charge in [0.2, 0.25) is 0 Å². The molecule has 0 unspecified atom stereocenters. The number of carbonyl (C=O) groups is 3. The van der Waals surface area contributed by atoms with Crippen LogP contribution in [0.1, 0.15) is 26.8 Å². The fourth-order valence-corrected chi connectivity index (χ4v) is 3.56. The summed E-state index contributed by atoms with van der Waals surface area (Å²) in [5.41, 5.74) is -1.16. The highest BCUT2D eigenvalue weighted by atomic mass is 19.4. The molecule has 2 aromatic carbocycles. The third-order valence-electron chi connectivity index (χ3n) is 5.55. The molecule has 0 aliphatic heterocycles. The Balaban J connectivity index is 1.67. The molecule has 42 heavy (non-hydrogen) atoms. The van der Waals surface area contributed by atoms with Crippen LogP contribution in [0.25, 0.3) is 11.5 Å². The van der Waals surface area contributed by atoms with Crippen LogP contribution >= 0.6 is 0 Å². The molecule has 0 radical (unpaired) electrons. The van der Waals surface area contributed by atoms with Crippen molar-refractivity contribution in [2.75, 3.05) is 24.0 Å². The number of rotatable bonds is 9. The van der Waals surface area contributed by atoms with E-state index in [2.05, 4.69) is 30.6 Å². The zero-order chi connectivity index (χ0) is 30.4. The highest BCUT2D eigenvalue weighted by Gasteiger charge is 2.42. The number of ether oxygens (including phenoxy) is 1. The largest absolute Gasteiger partial charge is 0.491 e. The van der Waals surface area contributed by atoms with E-state index in [-0.39, 0.29) is 28.6 Å². The van der Waals surface area contributed by atoms with Gasteiger partial charge >= 0.3 is 12.1 Å². The summed E-state index contributed by atoms with van der Waals surface area (Å²) in [5, 5.41) is 11.9. The van der Waals surface area contributed by atoms with Crippen LogP contribution in [0, 0.1) is 5.82 Å². The van der Waals surface area contributed by atoms with Crippen LogP contribution in [-0.4, -0.2) is 57.1 Å². The van der Waals surface area contributed by atoms with E-state index < -0.39 is 60.5 Å². The van der Waals surface area contributed by atoms with Crippen molar-refractivity contribution >= 4 is 29.3 Å². The first-order valence-corrected chi connectivity index (χ1v) is 11.8. The Morgan fingerprint density at radius 3 is 2.31 bits per heavy atom. The predicted molar refractivity (Wildman–Crippen MR) is 135 cm³/mol. The van der Waals surface area contributed by atoms with E-state index in [4.69, 9.17) is 0 Å². The first kappa shape index (κ1) is 29.7. The molecular formula is C26H18F6N6O4. The van der Waals surface area contributed by atoms with E-state index in [1.54, 1.807) is 6.07 Å². The molecule has 2 amide bonds. The van der Waals surface area contributed by atoms with E-state index in [0.29, 0.717) is 6.07 Å². The third-order valence-corrected chi connectivity index (χ3v) is 5.55. The molecule has 0 saturated carbocycles. The Morgan fingerprint density at radius 2 is 1.64 bits per heavy atom. The third kappa shape index (κ3) is 6.71. The van der Waals surface area contributed by atoms with Gasteiger partial charge in [-0.25, -0.2) is 22.9 Å². The molecule has 218 valence electrons. The van der Waals surface area contributed by atoms with Crippen molar-refractivity contribution in [1.82, 2.24) is 19.7 Å². The summed E-state index contributed by atoms with van der Waals surface area (Å²) in [4.78, 5) is 41.1. The predicted octanol–water partition coefficient (Wildman–Crippen LogP) is 4.93. The van der Waals surface area contributed by atoms with Gasteiger partial charge < -0.3 is 19.9 Å². The maximum atomic E-state index is 15.2. The summed E-state index contributed by atoms with van der Waals surface area (Å²) in [6.45, 7) is -2.15. The summed E-state index contributed by atoms with van der Waals surface area (Å²) >= 11 is 0. The van der Waals surface area contributed by atoms with Gasteiger partial charge in [0.25, 0.3) is 11.8 Å². The molecule has 0 fully saturated rings. The molecule has 0 atom stereocenters. The topological polar surface area (TPSA) is 128 Å². The van der Waals surface area contributed by atoms with E-state index >= 15 is 4.39 Å². The summed E-state index contributed by atoms with van der Waals surface area (Å²) in [5.74, 6) is -8.00. The Labute approximate surface area is 232 Å². The molecule has 4 rings (SSSR count). The highest BCUT2D eigenvalue weighted by Crippen LogP contribution is 2.30. The molecule has 0 aliphatic carbocycles. The second-order valence-electron chi connectivity index (χ2n) is 8.43. The number of pyridine rings is 1. The van der Waals surface area contributed by atoms with Crippen LogP contribution in [0.2, 0.25) is 0 Å². The first-order chi connectivity index (χ1) is 20.0. The van der Waals surface area contributed by atoms with Crippen LogP contribution in [0.3, 0.4) is 0 Å². The SMILES string of the molecule is O=C(Nc1cc(OC(=O)C(F)(F)F)c(F)c(C(=O)Nc2cccc(-c3nncn3C(CF)CF)n2)c1)c1ccccc1. The van der Waals surface area contributed by atoms with Crippen LogP contribution < -0.4 is 15.4 Å². The number of aromatic nitrogens is 4. The smallest absolute Gasteiger partial charge is 0.417 e. The Hall–Kier alpha value is -5.28. The maximum absolute atomic E-state index is 15.2. The number of benzene rings is 2. The fourth-order valence-electron chi connectivity index (χ4n) is 3.56. The van der Waals surface area contributed by atoms with Gasteiger partial charge in [-0.2, -0.15) is 13.2 Å². The average molecular weight is 592 g/mol. The van der Waals surface area contributed by atoms with Crippen molar-refractivity contribution < 1.29 is 45.5 Å². The van der Waals surface area contributed by atoms with Crippen LogP contribution in [-0.2, 0) is 4.79 Å². The number of hydrogen-bond donors (Lipinski definition) is 2. The summed E-state index contributed by atoms with van der Waals surface area (Å²) in [7, 11) is 0. The molecule has 2 heterocycles. The monoisotopic (exact) mass is 592 g/mol. The van der Waals surface area contributed by atoms with Crippen molar-refractivity contribution in [1.29, 1.82) is 0 Å². The van der Waals surface area contributed by atoms with Crippen molar-refractivity contribution in [2.45, 2.75) is 12.2 Å². The van der Waals surface area contributed by atoms with Gasteiger partial charge in [-0.3, -0.25) is 9.59 Å². The lowest BCUT2D eigenvalue weighted by Crippen LogP contribution is -2.28. The Morgan fingerprint density at radius 1 is 0.929 bits per heavy atom. The molecule has 0 bridgehead atoms. The number of amides is 2. The van der Waals surface area contributed by atoms with E-state index in [9.17, 15) is 36.3 Å². The Kier molecular flexibility index (Phi) is 8.83. The minimum absolute atomic E-state index is 0.0151. The van der Waals surface area contributed by atoms with Gasteiger partial charge in [0.05, 0.1) is 11.6 Å². The summed E-state index contributed by atoms with van der Waals surface area (Å²) in [6, 6.07) is 11.7. The molecule has 0 saturated heterocycles. The van der Waals surface area contributed by atoms with Crippen LogP contribution in [0.5, 0.6) is 5.75 Å². The molecule has 0 spiro atoms. The second kappa shape index (κ2) is 12.5. The Bertz CT molecular complexity index is 1610. The van der Waals surface area contributed by atoms with E-state index in [1.807, 2.05) is 0 Å². The van der Waals surface area contributed by atoms with Gasteiger partial charge in [-0.1, -0.05) is 24.3 Å². The standard InChI is InChI=1S/C26H18F6N6O4/c27-11-16(12-28)38-13-33-37-22(38)18-7-4-8-20(35-18)36-24(40)17-9-15(34-23(39)14-5-2-1-3-6-14)10-19(21(17)29)42-25(41)26(30,31)32/h1-10,13,16H,11-12H2,(H,34,39)(H,35,36,40). The quantitative estimate of drug-likeness (QED) is 0.160. The van der Waals surface area contributed by atoms with Crippen molar-refractivity contribution in [3.63, 3.8) is 0 Å². The van der Waals surface area contributed by atoms with E-state index in [1.165, 1.54) is 42.5 Å². The zero-order valence-electron chi connectivity index (χ0n) is 21.0. The lowest BCUT2D eigenvalue weighted by Gasteiger charge is -2.14. The second-order valence-corrected chi connectivity index (χ2v) is 8.43. The fraction of sp³-hybridized carbons (Fsp3) is 0.154. The van der Waals surface area contributed by atoms with E-state index in [0.717, 1.165) is 17.0 Å². The van der Waals surface area contributed by atoms with Crippen molar-refractivity contribution in [3.8, 4) is 17.3 Å². The number of carbonyl (C=O) groups excluding carboxylic acids is 3. The number of halogens is 6. The van der Waals surface area contributed by atoms with Gasteiger partial charge in [0.15, 0.2) is 17.4 Å². The molecule has 10 nitrogen and oxygen atoms in total. The van der Waals surface area contributed by atoms with Gasteiger partial charge in [0, 0.05) is 17.3 Å². The number of alkyl halides is 5. The van der Waals surface area contributed by atoms with Gasteiger partial charge in [-0.15, -0.1) is 10.2 Å². The maximum Gasteiger partial charge on any atom is 0.491 e. The zero-order valence-corrected chi connectivity index (χ0v) is 21.0. The van der Waals surface area contributed by atoms with Crippen LogP contribution in [0.4, 0.5) is 37.8 Å². The molecule has 0 aliphatic rings. The number of nitrogens with zero attached hydrogens (tertiary/aromatic N) is 4. The van der Waals surface area contributed by atoms with Gasteiger partial charge in [-0.05, 0) is 30.3 Å². The number of esters is 1. The molecule has 16 heteroatoms. The number of anilines is 2. The molecule has 4 aromatic rings. The summed E-state index contributed by atoms with van der Waals surface area (Å²) in [6.07, 6.45) is -4.41. The lowest BCUT2D eigenvalue weighted by molar-refractivity contribution is -0.189. The first-order valence-electron chi connectivity index (χ1n) is 11.8. The van der Waals surface area contributed by atoms with Crippen LogP contribution in [0.15, 0.2) is 67.0 Å². The molecule has 2 N–H and O–H groups in total. The normalized spacial score (nSPS) is 11.3. The van der Waals surface area contributed by atoms with Crippen molar-refractivity contribution in [3.05, 3.63) is 83.9 Å². The highest BCUT2D eigenvalue weighted by molar-refractivity contribution is 6.07. The molecule has 2 aromatic heterocycles. The minimum Gasteiger partial charge on any atom is -0.417 e. The number of nitrogens with one attached hydrogen (secondary N) is 2.